The van der Waals surface area contributed by atoms with Crippen LogP contribution in [-0.2, 0) is 16.6 Å². The van der Waals surface area contributed by atoms with Gasteiger partial charge in [0.15, 0.2) is 0 Å². The lowest BCUT2D eigenvalue weighted by molar-refractivity contribution is 0.565. The molecule has 2 heterocycles. The van der Waals surface area contributed by atoms with Gasteiger partial charge in [-0.3, -0.25) is 4.98 Å². The molecule has 0 fully saturated rings. The summed E-state index contributed by atoms with van der Waals surface area (Å²) >= 11 is 0. The van der Waals surface area contributed by atoms with Crippen molar-refractivity contribution in [1.29, 1.82) is 0 Å². The van der Waals surface area contributed by atoms with Gasteiger partial charge in [-0.25, -0.2) is 13.1 Å². The first-order valence-corrected chi connectivity index (χ1v) is 9.17. The van der Waals surface area contributed by atoms with Crippen LogP contribution in [0.4, 0.5) is 0 Å². The van der Waals surface area contributed by atoms with Crippen molar-refractivity contribution in [2.45, 2.75) is 31.2 Å². The Morgan fingerprint density at radius 3 is 2.88 bits per heavy atom. The van der Waals surface area contributed by atoms with E-state index in [1.807, 2.05) is 24.5 Å². The Labute approximate surface area is 140 Å². The molecule has 0 aliphatic heterocycles. The maximum atomic E-state index is 12.6. The zero-order chi connectivity index (χ0) is 17.2. The number of hydrogen-bond donors (Lipinski definition) is 1. The van der Waals surface area contributed by atoms with Crippen molar-refractivity contribution in [3.63, 3.8) is 0 Å². The van der Waals surface area contributed by atoms with Gasteiger partial charge in [-0.1, -0.05) is 26.0 Å². The molecule has 0 radical (unpaired) electrons. The third-order valence-electron chi connectivity index (χ3n) is 3.74. The number of fused-ring (bicyclic) bond motifs is 1. The Bertz CT molecular complexity index is 945. The SMILES string of the molecule is CC(C)c1nncn1CCNS(=O)(=O)c1cccc2ccncc12. The number of nitrogens with zero attached hydrogens (tertiary/aromatic N) is 4. The molecule has 1 aromatic carbocycles. The highest BCUT2D eigenvalue weighted by molar-refractivity contribution is 7.89. The molecule has 3 rings (SSSR count). The van der Waals surface area contributed by atoms with Crippen LogP contribution in [-0.4, -0.2) is 34.7 Å². The molecule has 3 aromatic rings. The second kappa shape index (κ2) is 6.66. The second-order valence-corrected chi connectivity index (χ2v) is 7.52. The molecule has 126 valence electrons. The molecule has 0 bridgehead atoms. The predicted molar refractivity (Wildman–Crippen MR) is 91.0 cm³/mol. The maximum absolute atomic E-state index is 12.6. The number of rotatable bonds is 6. The van der Waals surface area contributed by atoms with Gasteiger partial charge in [-0.15, -0.1) is 10.2 Å². The number of benzene rings is 1. The van der Waals surface area contributed by atoms with Gasteiger partial charge in [-0.05, 0) is 17.5 Å². The molecule has 0 saturated carbocycles. The van der Waals surface area contributed by atoms with Crippen LogP contribution < -0.4 is 4.72 Å². The lowest BCUT2D eigenvalue weighted by atomic mass is 10.2. The first-order valence-electron chi connectivity index (χ1n) is 7.69. The molecule has 0 unspecified atom stereocenters. The summed E-state index contributed by atoms with van der Waals surface area (Å²) in [4.78, 5) is 4.26. The Morgan fingerprint density at radius 2 is 2.08 bits per heavy atom. The Morgan fingerprint density at radius 1 is 1.25 bits per heavy atom. The van der Waals surface area contributed by atoms with Crippen LogP contribution in [0.15, 0.2) is 47.9 Å². The van der Waals surface area contributed by atoms with E-state index in [0.717, 1.165) is 11.2 Å². The summed E-state index contributed by atoms with van der Waals surface area (Å²) in [6.45, 7) is 4.78. The topological polar surface area (TPSA) is 89.8 Å². The van der Waals surface area contributed by atoms with Crippen LogP contribution in [0.1, 0.15) is 25.6 Å². The van der Waals surface area contributed by atoms with E-state index < -0.39 is 10.0 Å². The number of hydrogen-bond acceptors (Lipinski definition) is 5. The van der Waals surface area contributed by atoms with Crippen LogP contribution in [0.5, 0.6) is 0 Å². The average molecular weight is 345 g/mol. The maximum Gasteiger partial charge on any atom is 0.241 e. The summed E-state index contributed by atoms with van der Waals surface area (Å²) < 4.78 is 29.7. The van der Waals surface area contributed by atoms with Gasteiger partial charge in [0.25, 0.3) is 0 Å². The minimum absolute atomic E-state index is 0.230. The first kappa shape index (κ1) is 16.5. The first-order chi connectivity index (χ1) is 11.5. The Hall–Kier alpha value is -2.32. The number of pyridine rings is 1. The fraction of sp³-hybridized carbons (Fsp3) is 0.312. The van der Waals surface area contributed by atoms with E-state index in [9.17, 15) is 8.42 Å². The number of sulfonamides is 1. The van der Waals surface area contributed by atoms with Crippen molar-refractivity contribution in [2.24, 2.45) is 0 Å². The molecule has 24 heavy (non-hydrogen) atoms. The summed E-state index contributed by atoms with van der Waals surface area (Å²) in [5.41, 5.74) is 0. The van der Waals surface area contributed by atoms with E-state index in [2.05, 4.69) is 19.9 Å². The fourth-order valence-electron chi connectivity index (χ4n) is 2.58. The minimum atomic E-state index is -3.62. The van der Waals surface area contributed by atoms with Crippen LogP contribution in [0.25, 0.3) is 10.8 Å². The van der Waals surface area contributed by atoms with Crippen molar-refractivity contribution in [3.05, 3.63) is 48.8 Å². The normalized spacial score (nSPS) is 12.1. The van der Waals surface area contributed by atoms with Gasteiger partial charge < -0.3 is 4.57 Å². The van der Waals surface area contributed by atoms with Gasteiger partial charge in [0.05, 0.1) is 4.90 Å². The lowest BCUT2D eigenvalue weighted by Crippen LogP contribution is -2.28. The minimum Gasteiger partial charge on any atom is -0.316 e. The van der Waals surface area contributed by atoms with E-state index >= 15 is 0 Å². The van der Waals surface area contributed by atoms with E-state index in [1.165, 1.54) is 0 Å². The summed E-state index contributed by atoms with van der Waals surface area (Å²) in [7, 11) is -3.62. The monoisotopic (exact) mass is 345 g/mol. The van der Waals surface area contributed by atoms with Crippen LogP contribution >= 0.6 is 0 Å². The highest BCUT2D eigenvalue weighted by Crippen LogP contribution is 2.21. The highest BCUT2D eigenvalue weighted by atomic mass is 32.2. The van der Waals surface area contributed by atoms with Crippen LogP contribution in [0.3, 0.4) is 0 Å². The van der Waals surface area contributed by atoms with E-state index in [4.69, 9.17) is 0 Å². The second-order valence-electron chi connectivity index (χ2n) is 5.79. The molecular formula is C16H19N5O2S. The Balaban J connectivity index is 1.78. The molecule has 1 N–H and O–H groups in total. The Kier molecular flexibility index (Phi) is 4.59. The van der Waals surface area contributed by atoms with Crippen molar-refractivity contribution >= 4 is 20.8 Å². The zero-order valence-electron chi connectivity index (χ0n) is 13.5. The molecule has 0 spiro atoms. The van der Waals surface area contributed by atoms with Gasteiger partial charge in [0, 0.05) is 36.8 Å². The number of aromatic nitrogens is 4. The van der Waals surface area contributed by atoms with Gasteiger partial charge in [0.1, 0.15) is 12.2 Å². The van der Waals surface area contributed by atoms with Crippen molar-refractivity contribution < 1.29 is 8.42 Å². The zero-order valence-corrected chi connectivity index (χ0v) is 14.4. The quantitative estimate of drug-likeness (QED) is 0.737. The van der Waals surface area contributed by atoms with E-state index in [0.29, 0.717) is 11.9 Å². The lowest BCUT2D eigenvalue weighted by Gasteiger charge is -2.11. The van der Waals surface area contributed by atoms with E-state index in [-0.39, 0.29) is 17.4 Å². The molecule has 0 saturated heterocycles. The molecule has 2 aromatic heterocycles. The smallest absolute Gasteiger partial charge is 0.241 e. The van der Waals surface area contributed by atoms with Crippen molar-refractivity contribution in [1.82, 2.24) is 24.5 Å². The molecule has 0 amide bonds. The average Bonchev–Trinajstić information content (AvgIpc) is 3.03. The molecule has 0 atom stereocenters. The van der Waals surface area contributed by atoms with Gasteiger partial charge in [-0.2, -0.15) is 0 Å². The standard InChI is InChI=1S/C16H19N5O2S/c1-12(2)16-20-18-11-21(16)9-8-19-24(22,23)15-5-3-4-13-6-7-17-10-14(13)15/h3-7,10-12,19H,8-9H2,1-2H3. The van der Waals surface area contributed by atoms with Crippen molar-refractivity contribution in [3.8, 4) is 0 Å². The van der Waals surface area contributed by atoms with Crippen LogP contribution in [0.2, 0.25) is 0 Å². The summed E-state index contributed by atoms with van der Waals surface area (Å²) in [5, 5.41) is 9.39. The van der Waals surface area contributed by atoms with E-state index in [1.54, 1.807) is 36.9 Å². The molecule has 0 aliphatic rings. The third-order valence-corrected chi connectivity index (χ3v) is 5.26. The molecular weight excluding hydrogens is 326 g/mol. The number of nitrogens with one attached hydrogen (secondary N) is 1. The predicted octanol–water partition coefficient (Wildman–Crippen LogP) is 1.93. The van der Waals surface area contributed by atoms with Crippen molar-refractivity contribution in [2.75, 3.05) is 6.54 Å². The van der Waals surface area contributed by atoms with Gasteiger partial charge >= 0.3 is 0 Å². The molecule has 7 nitrogen and oxygen atoms in total. The molecule has 8 heteroatoms. The highest BCUT2D eigenvalue weighted by Gasteiger charge is 2.17. The summed E-state index contributed by atoms with van der Waals surface area (Å²) in [5.74, 6) is 1.07. The fourth-order valence-corrected chi connectivity index (χ4v) is 3.81. The van der Waals surface area contributed by atoms with Gasteiger partial charge in [0.2, 0.25) is 10.0 Å². The third kappa shape index (κ3) is 3.29. The largest absolute Gasteiger partial charge is 0.316 e. The summed E-state index contributed by atoms with van der Waals surface area (Å²) in [6, 6.07) is 6.97. The summed E-state index contributed by atoms with van der Waals surface area (Å²) in [6.07, 6.45) is 4.83. The molecule has 0 aliphatic carbocycles. The van der Waals surface area contributed by atoms with Crippen LogP contribution in [0, 0.1) is 0 Å².